The van der Waals surface area contributed by atoms with Gasteiger partial charge in [0, 0.05) is 19.6 Å². The Hall–Kier alpha value is -0.860. The largest absolute Gasteiger partial charge is 0.392 e. The van der Waals surface area contributed by atoms with Crippen molar-refractivity contribution < 1.29 is 5.11 Å². The van der Waals surface area contributed by atoms with Gasteiger partial charge in [-0.3, -0.25) is 4.90 Å². The third-order valence-corrected chi connectivity index (χ3v) is 4.11. The highest BCUT2D eigenvalue weighted by Crippen LogP contribution is 2.37. The number of piperidine rings is 1. The number of fused-ring (bicyclic) bond motifs is 2. The minimum Gasteiger partial charge on any atom is -0.392 e. The van der Waals surface area contributed by atoms with Gasteiger partial charge in [-0.15, -0.1) is 0 Å². The Labute approximate surface area is 96.9 Å². The standard InChI is InChI=1S/C14H19NO/c16-14-12-6-7-13(14)10-15(9-12)8-11-4-2-1-3-5-11/h1-5,12-14,16H,6-10H2/t12-,13-/m0/s1. The summed E-state index contributed by atoms with van der Waals surface area (Å²) in [7, 11) is 0. The summed E-state index contributed by atoms with van der Waals surface area (Å²) in [6.07, 6.45) is 2.42. The van der Waals surface area contributed by atoms with Gasteiger partial charge in [-0.05, 0) is 30.2 Å². The molecule has 16 heavy (non-hydrogen) atoms. The summed E-state index contributed by atoms with van der Waals surface area (Å²) in [6, 6.07) is 10.6. The van der Waals surface area contributed by atoms with Crippen LogP contribution in [0.2, 0.25) is 0 Å². The molecule has 2 aliphatic rings. The normalized spacial score (nSPS) is 34.2. The van der Waals surface area contributed by atoms with Crippen LogP contribution in [-0.2, 0) is 6.54 Å². The smallest absolute Gasteiger partial charge is 0.0620 e. The van der Waals surface area contributed by atoms with Crippen LogP contribution in [0.25, 0.3) is 0 Å². The molecule has 2 atom stereocenters. The Morgan fingerprint density at radius 2 is 1.69 bits per heavy atom. The number of rotatable bonds is 2. The van der Waals surface area contributed by atoms with E-state index >= 15 is 0 Å². The molecule has 2 heteroatoms. The van der Waals surface area contributed by atoms with Gasteiger partial charge >= 0.3 is 0 Å². The molecule has 1 aromatic carbocycles. The predicted octanol–water partition coefficient (Wildman–Crippen LogP) is 1.89. The van der Waals surface area contributed by atoms with Crippen molar-refractivity contribution >= 4 is 0 Å². The zero-order chi connectivity index (χ0) is 11.0. The second kappa shape index (κ2) is 4.19. The van der Waals surface area contributed by atoms with E-state index in [0.29, 0.717) is 11.8 Å². The van der Waals surface area contributed by atoms with Crippen LogP contribution in [0.5, 0.6) is 0 Å². The molecule has 3 rings (SSSR count). The fraction of sp³-hybridized carbons (Fsp3) is 0.571. The van der Waals surface area contributed by atoms with Crippen LogP contribution < -0.4 is 0 Å². The van der Waals surface area contributed by atoms with Gasteiger partial charge in [0.1, 0.15) is 0 Å². The van der Waals surface area contributed by atoms with E-state index in [1.165, 1.54) is 18.4 Å². The van der Waals surface area contributed by atoms with Gasteiger partial charge in [-0.2, -0.15) is 0 Å². The van der Waals surface area contributed by atoms with Crippen molar-refractivity contribution in [3.63, 3.8) is 0 Å². The molecule has 0 unspecified atom stereocenters. The number of likely N-dealkylation sites (tertiary alicyclic amines) is 1. The number of nitrogens with zero attached hydrogens (tertiary/aromatic N) is 1. The molecule has 1 aliphatic carbocycles. The average Bonchev–Trinajstić information content (AvgIpc) is 2.54. The molecule has 1 aromatic rings. The summed E-state index contributed by atoms with van der Waals surface area (Å²) in [6.45, 7) is 3.19. The quantitative estimate of drug-likeness (QED) is 0.817. The topological polar surface area (TPSA) is 23.5 Å². The van der Waals surface area contributed by atoms with Crippen LogP contribution in [0.3, 0.4) is 0 Å². The Kier molecular flexibility index (Phi) is 2.70. The summed E-state index contributed by atoms with van der Waals surface area (Å²) in [4.78, 5) is 2.50. The third-order valence-electron chi connectivity index (χ3n) is 4.11. The molecular formula is C14H19NO. The van der Waals surface area contributed by atoms with Crippen LogP contribution >= 0.6 is 0 Å². The fourth-order valence-electron chi connectivity index (χ4n) is 3.26. The van der Waals surface area contributed by atoms with Crippen molar-refractivity contribution in [3.8, 4) is 0 Å². The maximum Gasteiger partial charge on any atom is 0.0620 e. The maximum atomic E-state index is 9.97. The molecule has 1 aliphatic heterocycles. The van der Waals surface area contributed by atoms with Gasteiger partial charge in [0.05, 0.1) is 6.10 Å². The fourth-order valence-corrected chi connectivity index (χ4v) is 3.26. The molecular weight excluding hydrogens is 198 g/mol. The first-order chi connectivity index (χ1) is 7.83. The van der Waals surface area contributed by atoms with Crippen LogP contribution in [0.4, 0.5) is 0 Å². The molecule has 0 amide bonds. The molecule has 2 fully saturated rings. The van der Waals surface area contributed by atoms with Gasteiger partial charge in [-0.25, -0.2) is 0 Å². The zero-order valence-electron chi connectivity index (χ0n) is 9.55. The summed E-state index contributed by atoms with van der Waals surface area (Å²) >= 11 is 0. The van der Waals surface area contributed by atoms with Crippen molar-refractivity contribution in [1.82, 2.24) is 4.90 Å². The molecule has 1 saturated carbocycles. The molecule has 1 N–H and O–H groups in total. The first-order valence-corrected chi connectivity index (χ1v) is 6.27. The SMILES string of the molecule is OC1[C@H]2CC[C@H]1CN(Cc1ccccc1)C2. The van der Waals surface area contributed by atoms with Crippen LogP contribution in [-0.4, -0.2) is 29.2 Å². The lowest BCUT2D eigenvalue weighted by Gasteiger charge is -2.35. The Bertz CT molecular complexity index is 337. The number of hydrogen-bond acceptors (Lipinski definition) is 2. The van der Waals surface area contributed by atoms with Gasteiger partial charge in [0.15, 0.2) is 0 Å². The highest BCUT2D eigenvalue weighted by Gasteiger charge is 2.40. The number of aliphatic hydroxyl groups is 1. The summed E-state index contributed by atoms with van der Waals surface area (Å²) < 4.78 is 0. The highest BCUT2D eigenvalue weighted by atomic mass is 16.3. The van der Waals surface area contributed by atoms with Crippen molar-refractivity contribution in [2.75, 3.05) is 13.1 Å². The van der Waals surface area contributed by atoms with Gasteiger partial charge < -0.3 is 5.11 Å². The molecule has 1 saturated heterocycles. The van der Waals surface area contributed by atoms with Gasteiger partial charge in [0.25, 0.3) is 0 Å². The first kappa shape index (κ1) is 10.3. The van der Waals surface area contributed by atoms with E-state index in [-0.39, 0.29) is 6.10 Å². The van der Waals surface area contributed by atoms with E-state index in [4.69, 9.17) is 0 Å². The molecule has 0 radical (unpaired) electrons. The second-order valence-electron chi connectivity index (χ2n) is 5.27. The van der Waals surface area contributed by atoms with Crippen molar-refractivity contribution in [1.29, 1.82) is 0 Å². The van der Waals surface area contributed by atoms with Crippen molar-refractivity contribution in [2.24, 2.45) is 11.8 Å². The molecule has 2 nitrogen and oxygen atoms in total. The maximum absolute atomic E-state index is 9.97. The zero-order valence-corrected chi connectivity index (χ0v) is 9.55. The van der Waals surface area contributed by atoms with E-state index in [1.807, 2.05) is 0 Å². The van der Waals surface area contributed by atoms with Crippen LogP contribution in [0.1, 0.15) is 18.4 Å². The summed E-state index contributed by atoms with van der Waals surface area (Å²) in [5.41, 5.74) is 1.39. The van der Waals surface area contributed by atoms with Crippen LogP contribution in [0, 0.1) is 11.8 Å². The average molecular weight is 217 g/mol. The molecule has 0 spiro atoms. The molecule has 2 bridgehead atoms. The third kappa shape index (κ3) is 1.87. The lowest BCUT2D eigenvalue weighted by molar-refractivity contribution is 0.0139. The number of aliphatic hydroxyl groups excluding tert-OH is 1. The minimum atomic E-state index is -0.0213. The molecule has 0 aromatic heterocycles. The van der Waals surface area contributed by atoms with Gasteiger partial charge in [0.2, 0.25) is 0 Å². The minimum absolute atomic E-state index is 0.0213. The van der Waals surface area contributed by atoms with E-state index in [1.54, 1.807) is 0 Å². The van der Waals surface area contributed by atoms with Crippen molar-refractivity contribution in [2.45, 2.75) is 25.5 Å². The van der Waals surface area contributed by atoms with E-state index in [2.05, 4.69) is 35.2 Å². The summed E-state index contributed by atoms with van der Waals surface area (Å²) in [5.74, 6) is 1.06. The first-order valence-electron chi connectivity index (χ1n) is 6.27. The molecule has 1 heterocycles. The van der Waals surface area contributed by atoms with Crippen LogP contribution in [0.15, 0.2) is 30.3 Å². The predicted molar refractivity (Wildman–Crippen MR) is 63.9 cm³/mol. The van der Waals surface area contributed by atoms with Gasteiger partial charge in [-0.1, -0.05) is 30.3 Å². The van der Waals surface area contributed by atoms with Crippen molar-refractivity contribution in [3.05, 3.63) is 35.9 Å². The Balaban J connectivity index is 1.66. The second-order valence-corrected chi connectivity index (χ2v) is 5.27. The Morgan fingerprint density at radius 1 is 1.06 bits per heavy atom. The lowest BCUT2D eigenvalue weighted by Crippen LogP contribution is -2.44. The number of hydrogen-bond donors (Lipinski definition) is 1. The van der Waals surface area contributed by atoms with E-state index < -0.39 is 0 Å². The Morgan fingerprint density at radius 3 is 2.31 bits per heavy atom. The highest BCUT2D eigenvalue weighted by molar-refractivity contribution is 5.14. The number of benzene rings is 1. The lowest BCUT2D eigenvalue weighted by atomic mass is 9.95. The monoisotopic (exact) mass is 217 g/mol. The van der Waals surface area contributed by atoms with E-state index in [9.17, 15) is 5.11 Å². The summed E-state index contributed by atoms with van der Waals surface area (Å²) in [5, 5.41) is 9.97. The molecule has 86 valence electrons. The van der Waals surface area contributed by atoms with E-state index in [0.717, 1.165) is 19.6 Å².